The van der Waals surface area contributed by atoms with Crippen LogP contribution >= 0.6 is 0 Å². The predicted octanol–water partition coefficient (Wildman–Crippen LogP) is 8.13. The highest BCUT2D eigenvalue weighted by Gasteiger charge is 2.59. The van der Waals surface area contributed by atoms with Crippen LogP contribution in [-0.2, 0) is 9.47 Å². The lowest BCUT2D eigenvalue weighted by Gasteiger charge is -2.58. The van der Waals surface area contributed by atoms with E-state index < -0.39 is 0 Å². The van der Waals surface area contributed by atoms with E-state index in [4.69, 9.17) is 9.47 Å². The van der Waals surface area contributed by atoms with Crippen LogP contribution < -0.4 is 0 Å². The van der Waals surface area contributed by atoms with Gasteiger partial charge in [-0.15, -0.1) is 0 Å². The van der Waals surface area contributed by atoms with Gasteiger partial charge in [0.2, 0.25) is 0 Å². The first-order valence-corrected chi connectivity index (χ1v) is 15.0. The highest BCUT2D eigenvalue weighted by Crippen LogP contribution is 2.65. The summed E-state index contributed by atoms with van der Waals surface area (Å²) < 4.78 is 12.7. The second-order valence-electron chi connectivity index (χ2n) is 11.6. The second-order valence-corrected chi connectivity index (χ2v) is 11.6. The van der Waals surface area contributed by atoms with Crippen LogP contribution in [0.15, 0.2) is 11.6 Å². The molecule has 3 fully saturated rings. The number of rotatable bonds is 8. The van der Waals surface area contributed by atoms with Gasteiger partial charge < -0.3 is 14.4 Å². The van der Waals surface area contributed by atoms with E-state index in [9.17, 15) is 0 Å². The Bertz CT molecular complexity index is 617. The highest BCUT2D eigenvalue weighted by molar-refractivity contribution is 5.25. The molecule has 200 valence electrons. The predicted molar refractivity (Wildman–Crippen MR) is 147 cm³/mol. The lowest BCUT2D eigenvalue weighted by atomic mass is 9.47. The van der Waals surface area contributed by atoms with Crippen molar-refractivity contribution < 1.29 is 9.47 Å². The monoisotopic (exact) mass is 477 g/mol. The van der Waals surface area contributed by atoms with E-state index in [0.717, 1.165) is 50.4 Å². The Labute approximate surface area is 213 Å². The zero-order valence-corrected chi connectivity index (χ0v) is 24.4. The Morgan fingerprint density at radius 2 is 1.62 bits per heavy atom. The molecule has 3 nitrogen and oxygen atoms in total. The molecule has 4 aliphatic rings. The topological polar surface area (TPSA) is 21.7 Å². The van der Waals surface area contributed by atoms with Crippen LogP contribution in [-0.4, -0.2) is 51.0 Å². The van der Waals surface area contributed by atoms with Crippen LogP contribution in [0.3, 0.4) is 0 Å². The Morgan fingerprint density at radius 1 is 0.882 bits per heavy atom. The van der Waals surface area contributed by atoms with Gasteiger partial charge in [-0.25, -0.2) is 0 Å². The van der Waals surface area contributed by atoms with E-state index in [-0.39, 0.29) is 0 Å². The zero-order chi connectivity index (χ0) is 25.4. The van der Waals surface area contributed by atoms with Gasteiger partial charge in [0.25, 0.3) is 0 Å². The standard InChI is InChI=1S/C27H47NO2.2C2H6/c1-6-17-30-25-11-10-23-22-9-8-20-19-21(29-18-7-16-28(4)5)12-14-26(20,2)24(22)13-15-27(23,25)3;2*1-2/h19,21-25H,6-18H2,1-5H3;2*1-2H3/t21-,22?,23?,24?,25-,26-,27-;;/m0../s1. The van der Waals surface area contributed by atoms with Crippen LogP contribution in [0.2, 0.25) is 0 Å². The molecule has 0 saturated heterocycles. The summed E-state index contributed by atoms with van der Waals surface area (Å²) >= 11 is 0. The lowest BCUT2D eigenvalue weighted by molar-refractivity contribution is -0.0979. The first kappa shape index (κ1) is 29.8. The lowest BCUT2D eigenvalue weighted by Crippen LogP contribution is -2.51. The maximum absolute atomic E-state index is 6.38. The largest absolute Gasteiger partial charge is 0.378 e. The van der Waals surface area contributed by atoms with Crippen LogP contribution in [0.1, 0.15) is 113 Å². The molecule has 34 heavy (non-hydrogen) atoms. The SMILES string of the molecule is CC.CC.CCCO[C@H]1CCC2C3CCC4=C[C@@H](OCCCN(C)C)CC[C@]4(C)C3CC[C@@]21C. The minimum atomic E-state index is 0.360. The molecule has 0 heterocycles. The Hall–Kier alpha value is -0.380. The van der Waals surface area contributed by atoms with E-state index in [1.807, 2.05) is 27.7 Å². The number of hydrogen-bond acceptors (Lipinski definition) is 3. The number of fused-ring (bicyclic) bond motifs is 5. The molecular weight excluding hydrogens is 418 g/mol. The number of nitrogens with zero attached hydrogens (tertiary/aromatic N) is 1. The Morgan fingerprint density at radius 3 is 2.29 bits per heavy atom. The fourth-order valence-electron chi connectivity index (χ4n) is 7.93. The van der Waals surface area contributed by atoms with Crippen molar-refractivity contribution >= 4 is 0 Å². The number of ether oxygens (including phenoxy) is 2. The molecule has 0 spiro atoms. The minimum Gasteiger partial charge on any atom is -0.378 e. The maximum atomic E-state index is 6.38. The Kier molecular flexibility index (Phi) is 12.1. The normalized spacial score (nSPS) is 38.4. The molecule has 7 atom stereocenters. The first-order valence-electron chi connectivity index (χ1n) is 15.0. The van der Waals surface area contributed by atoms with Crippen molar-refractivity contribution in [3.05, 3.63) is 11.6 Å². The molecule has 0 bridgehead atoms. The van der Waals surface area contributed by atoms with E-state index in [1.54, 1.807) is 5.57 Å². The molecule has 3 unspecified atom stereocenters. The van der Waals surface area contributed by atoms with Crippen LogP contribution in [0.5, 0.6) is 0 Å². The van der Waals surface area contributed by atoms with Gasteiger partial charge in [0.15, 0.2) is 0 Å². The summed E-state index contributed by atoms with van der Waals surface area (Å²) in [7, 11) is 4.29. The van der Waals surface area contributed by atoms with Crippen molar-refractivity contribution in [1.29, 1.82) is 0 Å². The van der Waals surface area contributed by atoms with E-state index >= 15 is 0 Å². The van der Waals surface area contributed by atoms with Crippen LogP contribution in [0.25, 0.3) is 0 Å². The quantitative estimate of drug-likeness (QED) is 0.260. The number of hydrogen-bond donors (Lipinski definition) is 0. The van der Waals surface area contributed by atoms with Gasteiger partial charge in [0.1, 0.15) is 0 Å². The van der Waals surface area contributed by atoms with Crippen molar-refractivity contribution in [2.45, 2.75) is 125 Å². The molecule has 0 radical (unpaired) electrons. The zero-order valence-electron chi connectivity index (χ0n) is 24.4. The van der Waals surface area contributed by atoms with Crippen molar-refractivity contribution in [2.24, 2.45) is 28.6 Å². The molecule has 0 aromatic heterocycles. The average molecular weight is 478 g/mol. The van der Waals surface area contributed by atoms with Crippen molar-refractivity contribution in [3.63, 3.8) is 0 Å². The van der Waals surface area contributed by atoms with Crippen molar-refractivity contribution in [1.82, 2.24) is 4.90 Å². The average Bonchev–Trinajstić information content (AvgIpc) is 3.19. The van der Waals surface area contributed by atoms with E-state index in [1.165, 1.54) is 51.4 Å². The summed E-state index contributed by atoms with van der Waals surface area (Å²) in [5.41, 5.74) is 2.60. The summed E-state index contributed by atoms with van der Waals surface area (Å²) in [4.78, 5) is 2.25. The molecule has 4 rings (SSSR count). The van der Waals surface area contributed by atoms with Gasteiger partial charge in [-0.1, -0.05) is 60.1 Å². The summed E-state index contributed by atoms with van der Waals surface area (Å²) in [5, 5.41) is 0. The van der Waals surface area contributed by atoms with Crippen LogP contribution in [0.4, 0.5) is 0 Å². The summed E-state index contributed by atoms with van der Waals surface area (Å²) in [6.07, 6.45) is 16.5. The smallest absolute Gasteiger partial charge is 0.0758 e. The van der Waals surface area contributed by atoms with E-state index in [2.05, 4.69) is 45.8 Å². The van der Waals surface area contributed by atoms with Gasteiger partial charge in [0, 0.05) is 13.2 Å². The third kappa shape index (κ3) is 6.30. The van der Waals surface area contributed by atoms with Gasteiger partial charge in [-0.3, -0.25) is 0 Å². The fourth-order valence-corrected chi connectivity index (χ4v) is 7.93. The number of allylic oxidation sites excluding steroid dienone is 1. The highest BCUT2D eigenvalue weighted by atomic mass is 16.5. The van der Waals surface area contributed by atoms with E-state index in [0.29, 0.717) is 23.0 Å². The van der Waals surface area contributed by atoms with Gasteiger partial charge >= 0.3 is 0 Å². The second kappa shape index (κ2) is 13.8. The third-order valence-electron chi connectivity index (χ3n) is 9.59. The fraction of sp³-hybridized carbons (Fsp3) is 0.935. The minimum absolute atomic E-state index is 0.360. The maximum Gasteiger partial charge on any atom is 0.0758 e. The summed E-state index contributed by atoms with van der Waals surface area (Å²) in [6.45, 7) is 18.4. The molecule has 0 aromatic carbocycles. The molecule has 0 aromatic rings. The van der Waals surface area contributed by atoms with Gasteiger partial charge in [0.05, 0.1) is 12.2 Å². The molecule has 3 saturated carbocycles. The molecule has 4 aliphatic carbocycles. The molecule has 0 amide bonds. The first-order chi connectivity index (χ1) is 16.4. The van der Waals surface area contributed by atoms with Gasteiger partial charge in [-0.05, 0) is 113 Å². The summed E-state index contributed by atoms with van der Waals surface area (Å²) in [5.74, 6) is 2.69. The van der Waals surface area contributed by atoms with Crippen LogP contribution in [0, 0.1) is 28.6 Å². The van der Waals surface area contributed by atoms with Crippen molar-refractivity contribution in [2.75, 3.05) is 33.9 Å². The van der Waals surface area contributed by atoms with Gasteiger partial charge in [-0.2, -0.15) is 0 Å². The summed E-state index contributed by atoms with van der Waals surface area (Å²) in [6, 6.07) is 0. The Balaban J connectivity index is 0.000000970. The molecular formula is C31H59NO2. The van der Waals surface area contributed by atoms with Crippen molar-refractivity contribution in [3.8, 4) is 0 Å². The molecule has 3 heteroatoms. The third-order valence-corrected chi connectivity index (χ3v) is 9.59. The molecule has 0 aliphatic heterocycles. The molecule has 0 N–H and O–H groups in total.